The predicted molar refractivity (Wildman–Crippen MR) is 111 cm³/mol. The quantitative estimate of drug-likeness (QED) is 0.526. The van der Waals surface area contributed by atoms with Gasteiger partial charge in [-0.25, -0.2) is 4.98 Å². The number of hydrogen-bond acceptors (Lipinski definition) is 4. The Hall–Kier alpha value is -3.38. The highest BCUT2D eigenvalue weighted by Crippen LogP contribution is 2.24. The monoisotopic (exact) mass is 390 g/mol. The van der Waals surface area contributed by atoms with Crippen LogP contribution in [-0.2, 0) is 6.54 Å². The van der Waals surface area contributed by atoms with Gasteiger partial charge in [0.25, 0.3) is 5.56 Å². The van der Waals surface area contributed by atoms with E-state index < -0.39 is 0 Å². The van der Waals surface area contributed by atoms with Crippen LogP contribution in [0.2, 0.25) is 0 Å². The van der Waals surface area contributed by atoms with Crippen LogP contribution in [0, 0.1) is 0 Å². The topological polar surface area (TPSA) is 73.9 Å². The normalized spacial score (nSPS) is 12.2. The van der Waals surface area contributed by atoms with Gasteiger partial charge in [0, 0.05) is 0 Å². The molecule has 0 bridgehead atoms. The number of ether oxygens (including phenoxy) is 1. The van der Waals surface area contributed by atoms with Gasteiger partial charge in [0.2, 0.25) is 0 Å². The molecule has 4 rings (SSSR count). The molecular weight excluding hydrogens is 366 g/mol. The summed E-state index contributed by atoms with van der Waals surface area (Å²) in [6.45, 7) is 5.14. The Morgan fingerprint density at radius 3 is 2.69 bits per heavy atom. The smallest absolute Gasteiger partial charge is 0.266 e. The van der Waals surface area contributed by atoms with Gasteiger partial charge in [0.05, 0.1) is 29.5 Å². The predicted octanol–water partition coefficient (Wildman–Crippen LogP) is 3.20. The van der Waals surface area contributed by atoms with Crippen molar-refractivity contribution < 1.29 is 14.5 Å². The highest BCUT2D eigenvalue weighted by molar-refractivity contribution is 5.78. The van der Waals surface area contributed by atoms with Gasteiger partial charge < -0.3 is 14.5 Å². The van der Waals surface area contributed by atoms with Crippen molar-refractivity contribution in [1.29, 1.82) is 0 Å². The molecule has 2 aromatic heterocycles. The summed E-state index contributed by atoms with van der Waals surface area (Å²) in [7, 11) is 0. The van der Waals surface area contributed by atoms with Gasteiger partial charge in [-0.15, -0.1) is 0 Å². The van der Waals surface area contributed by atoms with Crippen LogP contribution in [0.3, 0.4) is 0 Å². The second kappa shape index (κ2) is 8.32. The molecular formula is C23H24N3O3+. The molecule has 0 spiro atoms. The maximum absolute atomic E-state index is 13.5. The molecule has 0 fully saturated rings. The Bertz CT molecular complexity index is 1170. The van der Waals surface area contributed by atoms with E-state index in [9.17, 15) is 4.79 Å². The van der Waals surface area contributed by atoms with Crippen molar-refractivity contribution in [3.63, 3.8) is 0 Å². The van der Waals surface area contributed by atoms with E-state index in [-0.39, 0.29) is 11.6 Å². The lowest BCUT2D eigenvalue weighted by Crippen LogP contribution is -2.83. The molecule has 6 nitrogen and oxygen atoms in total. The Labute approximate surface area is 168 Å². The Kier molecular flexibility index (Phi) is 5.44. The third-order valence-electron chi connectivity index (χ3n) is 4.87. The molecule has 2 N–H and O–H groups in total. The highest BCUT2D eigenvalue weighted by Gasteiger charge is 2.22. The maximum atomic E-state index is 13.5. The van der Waals surface area contributed by atoms with Crippen molar-refractivity contribution in [3.05, 3.63) is 88.9 Å². The summed E-state index contributed by atoms with van der Waals surface area (Å²) in [6, 6.07) is 18.7. The average molecular weight is 390 g/mol. The van der Waals surface area contributed by atoms with Gasteiger partial charge >= 0.3 is 0 Å². The van der Waals surface area contributed by atoms with Gasteiger partial charge in [0.1, 0.15) is 18.3 Å². The van der Waals surface area contributed by atoms with Crippen LogP contribution in [0.15, 0.2) is 76.1 Å². The van der Waals surface area contributed by atoms with Gasteiger partial charge in [-0.05, 0) is 50.2 Å². The Morgan fingerprint density at radius 1 is 1.10 bits per heavy atom. The fraction of sp³-hybridized carbons (Fsp3) is 0.217. The lowest BCUT2D eigenvalue weighted by molar-refractivity contribution is -0.710. The fourth-order valence-corrected chi connectivity index (χ4v) is 3.43. The van der Waals surface area contributed by atoms with E-state index in [1.165, 1.54) is 0 Å². The van der Waals surface area contributed by atoms with Crippen LogP contribution in [0.1, 0.15) is 31.5 Å². The molecule has 29 heavy (non-hydrogen) atoms. The minimum Gasteiger partial charge on any atom is -0.492 e. The molecule has 0 saturated heterocycles. The largest absolute Gasteiger partial charge is 0.492 e. The molecule has 1 atom stereocenters. The highest BCUT2D eigenvalue weighted by atomic mass is 16.5. The number of fused-ring (bicyclic) bond motifs is 1. The molecule has 0 unspecified atom stereocenters. The first-order valence-electron chi connectivity index (χ1n) is 9.78. The molecule has 0 radical (unpaired) electrons. The minimum atomic E-state index is -0.101. The number of nitrogens with two attached hydrogens (primary N) is 1. The van der Waals surface area contributed by atoms with E-state index in [4.69, 9.17) is 14.1 Å². The number of para-hydroxylation sites is 3. The first-order chi connectivity index (χ1) is 14.2. The number of rotatable bonds is 7. The molecule has 0 amide bonds. The van der Waals surface area contributed by atoms with Crippen LogP contribution in [0.5, 0.6) is 5.75 Å². The molecule has 148 valence electrons. The van der Waals surface area contributed by atoms with E-state index in [1.54, 1.807) is 10.8 Å². The van der Waals surface area contributed by atoms with Crippen molar-refractivity contribution in [2.75, 3.05) is 6.61 Å². The van der Waals surface area contributed by atoms with Crippen LogP contribution in [0.25, 0.3) is 16.6 Å². The van der Waals surface area contributed by atoms with Gasteiger partial charge in [-0.1, -0.05) is 24.3 Å². The van der Waals surface area contributed by atoms with Crippen LogP contribution in [0.4, 0.5) is 0 Å². The van der Waals surface area contributed by atoms with E-state index in [2.05, 4.69) is 5.32 Å². The maximum Gasteiger partial charge on any atom is 0.266 e. The molecule has 0 aliphatic heterocycles. The number of nitrogens with zero attached hydrogens (tertiary/aromatic N) is 2. The molecule has 0 saturated carbocycles. The second-order valence-electron chi connectivity index (χ2n) is 6.84. The molecule has 0 aliphatic carbocycles. The zero-order chi connectivity index (χ0) is 20.2. The van der Waals surface area contributed by atoms with Crippen molar-refractivity contribution in [1.82, 2.24) is 9.55 Å². The summed E-state index contributed by atoms with van der Waals surface area (Å²) in [4.78, 5) is 18.3. The van der Waals surface area contributed by atoms with E-state index in [1.807, 2.05) is 74.5 Å². The summed E-state index contributed by atoms with van der Waals surface area (Å²) in [5.74, 6) is 2.21. The van der Waals surface area contributed by atoms with Gasteiger partial charge in [0.15, 0.2) is 11.6 Å². The summed E-state index contributed by atoms with van der Waals surface area (Å²) in [5.41, 5.74) is 1.29. The molecule has 6 heteroatoms. The fourth-order valence-electron chi connectivity index (χ4n) is 3.43. The molecule has 4 aromatic rings. The first-order valence-corrected chi connectivity index (χ1v) is 9.78. The molecule has 2 heterocycles. The van der Waals surface area contributed by atoms with Crippen LogP contribution < -0.4 is 15.6 Å². The summed E-state index contributed by atoms with van der Waals surface area (Å²) in [5, 5.41) is 2.69. The van der Waals surface area contributed by atoms with Gasteiger partial charge in [-0.2, -0.15) is 0 Å². The van der Waals surface area contributed by atoms with Crippen LogP contribution >= 0.6 is 0 Å². The summed E-state index contributed by atoms with van der Waals surface area (Å²) >= 11 is 0. The number of hydrogen-bond donors (Lipinski definition) is 1. The molecule has 0 aliphatic rings. The zero-order valence-electron chi connectivity index (χ0n) is 16.5. The van der Waals surface area contributed by atoms with Crippen molar-refractivity contribution in [2.45, 2.75) is 26.4 Å². The zero-order valence-corrected chi connectivity index (χ0v) is 16.5. The second-order valence-corrected chi connectivity index (χ2v) is 6.84. The lowest BCUT2D eigenvalue weighted by Gasteiger charge is -2.19. The lowest BCUT2D eigenvalue weighted by atomic mass is 10.2. The van der Waals surface area contributed by atoms with E-state index >= 15 is 0 Å². The van der Waals surface area contributed by atoms with E-state index in [0.29, 0.717) is 41.3 Å². The number of furan rings is 1. The summed E-state index contributed by atoms with van der Waals surface area (Å²) in [6.07, 6.45) is 1.66. The number of quaternary nitrogens is 1. The third kappa shape index (κ3) is 3.79. The Balaban J connectivity index is 1.86. The SMILES string of the molecule is CCOc1ccccc1-n1c([C@@H](C)[NH2+]Cc2ccco2)nc2ccccc2c1=O. The third-order valence-corrected chi connectivity index (χ3v) is 4.87. The Morgan fingerprint density at radius 2 is 1.90 bits per heavy atom. The average Bonchev–Trinajstić information content (AvgIpc) is 3.27. The van der Waals surface area contributed by atoms with Crippen molar-refractivity contribution >= 4 is 10.9 Å². The number of benzene rings is 2. The standard InChI is InChI=1S/C23H23N3O3/c1-3-28-21-13-7-6-12-20(21)26-22(16(2)24-15-17-9-8-14-29-17)25-19-11-5-4-10-18(19)23(26)27/h4-14,16,24H,3,15H2,1-2H3/p+1/t16-/m1/s1. The van der Waals surface area contributed by atoms with Crippen molar-refractivity contribution in [3.8, 4) is 11.4 Å². The van der Waals surface area contributed by atoms with E-state index in [0.717, 1.165) is 5.76 Å². The summed E-state index contributed by atoms with van der Waals surface area (Å²) < 4.78 is 12.9. The van der Waals surface area contributed by atoms with Crippen LogP contribution in [-0.4, -0.2) is 16.2 Å². The molecule has 2 aromatic carbocycles. The van der Waals surface area contributed by atoms with Gasteiger partial charge in [-0.3, -0.25) is 9.36 Å². The first kappa shape index (κ1) is 19.0. The minimum absolute atomic E-state index is 0.0768. The van der Waals surface area contributed by atoms with Crippen molar-refractivity contribution in [2.24, 2.45) is 0 Å². The number of aromatic nitrogens is 2.